The molecule has 2 saturated carbocycles. The molecule has 136 valence electrons. The molecule has 0 radical (unpaired) electrons. The molecule has 4 rings (SSSR count). The molecule has 1 unspecified atom stereocenters. The Hall–Kier alpha value is -1.38. The smallest absolute Gasteiger partial charge is 0.309 e. The molecule has 0 bridgehead atoms. The van der Waals surface area contributed by atoms with Crippen LogP contribution in [0.5, 0.6) is 0 Å². The van der Waals surface area contributed by atoms with Crippen LogP contribution in [0.15, 0.2) is 18.2 Å². The van der Waals surface area contributed by atoms with E-state index in [0.717, 1.165) is 17.4 Å². The van der Waals surface area contributed by atoms with Gasteiger partial charge in [0.25, 0.3) is 0 Å². The number of carbonyl (C=O) groups is 1. The fourth-order valence-electron chi connectivity index (χ4n) is 5.36. The summed E-state index contributed by atoms with van der Waals surface area (Å²) in [7, 11) is 0. The van der Waals surface area contributed by atoms with Gasteiger partial charge < -0.3 is 4.74 Å². The molecule has 3 heteroatoms. The summed E-state index contributed by atoms with van der Waals surface area (Å²) in [6.45, 7) is 1.83. The molecule has 2 aliphatic carbocycles. The first-order chi connectivity index (χ1) is 12.1. The van der Waals surface area contributed by atoms with Gasteiger partial charge in [-0.15, -0.1) is 0 Å². The molecule has 1 atom stereocenters. The van der Waals surface area contributed by atoms with Crippen LogP contribution in [0, 0.1) is 30.5 Å². The summed E-state index contributed by atoms with van der Waals surface area (Å²) in [4.78, 5) is 11.0. The third-order valence-corrected chi connectivity index (χ3v) is 7.10. The third kappa shape index (κ3) is 3.61. The van der Waals surface area contributed by atoms with Gasteiger partial charge in [-0.25, -0.2) is 4.39 Å². The largest absolute Gasteiger partial charge is 0.461 e. The van der Waals surface area contributed by atoms with Crippen molar-refractivity contribution in [2.24, 2.45) is 17.8 Å². The second kappa shape index (κ2) is 7.09. The van der Waals surface area contributed by atoms with Crippen LogP contribution in [-0.4, -0.2) is 12.1 Å². The van der Waals surface area contributed by atoms with Gasteiger partial charge in [-0.2, -0.15) is 0 Å². The van der Waals surface area contributed by atoms with Gasteiger partial charge in [-0.05, 0) is 99.2 Å². The summed E-state index contributed by atoms with van der Waals surface area (Å²) in [5.41, 5.74) is 1.93. The highest BCUT2D eigenvalue weighted by Gasteiger charge is 2.39. The minimum Gasteiger partial charge on any atom is -0.461 e. The molecular weight excluding hydrogens is 315 g/mol. The van der Waals surface area contributed by atoms with Crippen LogP contribution >= 0.6 is 0 Å². The number of benzene rings is 1. The molecule has 3 aliphatic rings. The maximum atomic E-state index is 13.8. The van der Waals surface area contributed by atoms with Gasteiger partial charge in [-0.3, -0.25) is 4.79 Å². The predicted octanol–water partition coefficient (Wildman–Crippen LogP) is 5.53. The summed E-state index contributed by atoms with van der Waals surface area (Å²) in [6, 6.07) is 5.80. The van der Waals surface area contributed by atoms with Gasteiger partial charge in [0, 0.05) is 0 Å². The van der Waals surface area contributed by atoms with Crippen molar-refractivity contribution in [1.29, 1.82) is 0 Å². The Labute approximate surface area is 150 Å². The highest BCUT2D eigenvalue weighted by Crippen LogP contribution is 2.45. The fourth-order valence-corrected chi connectivity index (χ4v) is 5.36. The van der Waals surface area contributed by atoms with Crippen molar-refractivity contribution in [2.45, 2.75) is 76.7 Å². The number of ether oxygens (including phenoxy) is 1. The number of rotatable bonds is 3. The third-order valence-electron chi connectivity index (χ3n) is 7.10. The number of hydrogen-bond acceptors (Lipinski definition) is 2. The molecule has 2 nitrogen and oxygen atoms in total. The first-order valence-electron chi connectivity index (χ1n) is 10.1. The van der Waals surface area contributed by atoms with Crippen molar-refractivity contribution in [2.75, 3.05) is 0 Å². The molecule has 1 saturated heterocycles. The number of carbonyl (C=O) groups excluding carboxylic acids is 1. The highest BCUT2D eigenvalue weighted by molar-refractivity contribution is 5.75. The Morgan fingerprint density at radius 3 is 2.04 bits per heavy atom. The van der Waals surface area contributed by atoms with E-state index in [9.17, 15) is 9.18 Å². The minimum atomic E-state index is -0.0605. The Kier molecular flexibility index (Phi) is 4.84. The van der Waals surface area contributed by atoms with E-state index < -0.39 is 0 Å². The Morgan fingerprint density at radius 2 is 1.48 bits per heavy atom. The lowest BCUT2D eigenvalue weighted by atomic mass is 9.67. The lowest BCUT2D eigenvalue weighted by Crippen LogP contribution is -2.41. The monoisotopic (exact) mass is 344 g/mol. The molecule has 25 heavy (non-hydrogen) atoms. The summed E-state index contributed by atoms with van der Waals surface area (Å²) < 4.78 is 19.1. The van der Waals surface area contributed by atoms with Crippen LogP contribution in [0.3, 0.4) is 0 Å². The summed E-state index contributed by atoms with van der Waals surface area (Å²) in [5.74, 6) is 2.77. The topological polar surface area (TPSA) is 26.3 Å². The minimum absolute atomic E-state index is 0.0158. The predicted molar refractivity (Wildman–Crippen MR) is 95.8 cm³/mol. The van der Waals surface area contributed by atoms with Gasteiger partial charge in [0.2, 0.25) is 0 Å². The van der Waals surface area contributed by atoms with E-state index in [0.29, 0.717) is 18.3 Å². The molecule has 0 N–H and O–H groups in total. The van der Waals surface area contributed by atoms with Crippen LogP contribution in [0.1, 0.15) is 74.8 Å². The van der Waals surface area contributed by atoms with E-state index in [4.69, 9.17) is 4.74 Å². The van der Waals surface area contributed by atoms with Crippen LogP contribution in [0.2, 0.25) is 0 Å². The number of esters is 1. The number of hydrogen-bond donors (Lipinski definition) is 0. The maximum absolute atomic E-state index is 13.8. The zero-order valence-electron chi connectivity index (χ0n) is 15.2. The van der Waals surface area contributed by atoms with Crippen molar-refractivity contribution in [3.63, 3.8) is 0 Å². The molecule has 0 aromatic heterocycles. The van der Waals surface area contributed by atoms with E-state index in [1.54, 1.807) is 6.07 Å². The van der Waals surface area contributed by atoms with Gasteiger partial charge in [-0.1, -0.05) is 12.1 Å². The fraction of sp³-hybridized carbons (Fsp3) is 0.682. The molecule has 1 heterocycles. The van der Waals surface area contributed by atoms with Crippen molar-refractivity contribution >= 4 is 5.97 Å². The Morgan fingerprint density at radius 1 is 0.920 bits per heavy atom. The first kappa shape index (κ1) is 17.1. The van der Waals surface area contributed by atoms with E-state index >= 15 is 0 Å². The number of cyclic esters (lactones) is 1. The van der Waals surface area contributed by atoms with Gasteiger partial charge in [0.05, 0.1) is 6.42 Å². The lowest BCUT2D eigenvalue weighted by molar-refractivity contribution is -0.176. The molecule has 0 spiro atoms. The van der Waals surface area contributed by atoms with Crippen LogP contribution in [0.25, 0.3) is 0 Å². The van der Waals surface area contributed by atoms with E-state index in [2.05, 4.69) is 6.07 Å². The van der Waals surface area contributed by atoms with E-state index in [-0.39, 0.29) is 17.9 Å². The number of aryl methyl sites for hydroxylation is 1. The molecule has 0 amide bonds. The zero-order valence-corrected chi connectivity index (χ0v) is 15.2. The van der Waals surface area contributed by atoms with E-state index in [1.807, 2.05) is 13.0 Å². The second-order valence-corrected chi connectivity index (χ2v) is 8.53. The number of halogens is 1. The molecule has 3 fully saturated rings. The first-order valence-corrected chi connectivity index (χ1v) is 10.1. The zero-order chi connectivity index (χ0) is 17.4. The van der Waals surface area contributed by atoms with Crippen molar-refractivity contribution < 1.29 is 13.9 Å². The Balaban J connectivity index is 1.26. The quantitative estimate of drug-likeness (QED) is 0.674. The summed E-state index contributed by atoms with van der Waals surface area (Å²) in [6.07, 6.45) is 10.9. The van der Waals surface area contributed by atoms with Crippen LogP contribution in [-0.2, 0) is 9.53 Å². The molecule has 1 aromatic carbocycles. The standard InChI is InChI=1S/C22H29FO2/c1-14-2-3-19(12-20(14)23)17-6-4-15(5-7-17)16-8-10-18(11-9-16)21-13-22(24)25-21/h2-3,12,15-18,21H,4-11,13H2,1H3. The average molecular weight is 344 g/mol. The Bertz CT molecular complexity index is 617. The molecule has 1 aliphatic heterocycles. The van der Waals surface area contributed by atoms with Crippen molar-refractivity contribution in [1.82, 2.24) is 0 Å². The lowest BCUT2D eigenvalue weighted by Gasteiger charge is -2.41. The summed E-state index contributed by atoms with van der Waals surface area (Å²) in [5, 5.41) is 0. The van der Waals surface area contributed by atoms with E-state index in [1.165, 1.54) is 56.9 Å². The van der Waals surface area contributed by atoms with Crippen molar-refractivity contribution in [3.8, 4) is 0 Å². The van der Waals surface area contributed by atoms with Gasteiger partial charge in [0.15, 0.2) is 0 Å². The maximum Gasteiger partial charge on any atom is 0.309 e. The SMILES string of the molecule is Cc1ccc(C2CCC(C3CCC(C4CC(=O)O4)CC3)CC2)cc1F. The van der Waals surface area contributed by atoms with Gasteiger partial charge in [0.1, 0.15) is 11.9 Å². The highest BCUT2D eigenvalue weighted by atomic mass is 19.1. The van der Waals surface area contributed by atoms with Crippen LogP contribution in [0.4, 0.5) is 4.39 Å². The van der Waals surface area contributed by atoms with Gasteiger partial charge >= 0.3 is 5.97 Å². The molecular formula is C22H29FO2. The second-order valence-electron chi connectivity index (χ2n) is 8.53. The summed E-state index contributed by atoms with van der Waals surface area (Å²) >= 11 is 0. The molecule has 1 aromatic rings. The van der Waals surface area contributed by atoms with Crippen LogP contribution < -0.4 is 0 Å². The average Bonchev–Trinajstić information content (AvgIpc) is 2.62. The van der Waals surface area contributed by atoms with Crippen molar-refractivity contribution in [3.05, 3.63) is 35.1 Å². The normalized spacial score (nSPS) is 35.8.